The van der Waals surface area contributed by atoms with Crippen LogP contribution in [0.2, 0.25) is 10.2 Å². The van der Waals surface area contributed by atoms with Crippen molar-refractivity contribution >= 4 is 29.0 Å². The molecule has 0 fully saturated rings. The number of aromatic nitrogens is 1. The van der Waals surface area contributed by atoms with Crippen molar-refractivity contribution in [3.05, 3.63) is 28.0 Å². The number of carbonyl (C=O) groups excluding carboxylic acids is 1. The van der Waals surface area contributed by atoms with Crippen LogP contribution in [-0.4, -0.2) is 16.9 Å². The highest BCUT2D eigenvalue weighted by Gasteiger charge is 2.39. The van der Waals surface area contributed by atoms with E-state index in [1.807, 2.05) is 0 Å². The Labute approximate surface area is 86.6 Å². The molecule has 0 bridgehead atoms. The normalized spacial score (nSPS) is 11.5. The molecule has 0 radical (unpaired) electrons. The third kappa shape index (κ3) is 2.36. The second-order valence-corrected chi connectivity index (χ2v) is 3.09. The van der Waals surface area contributed by atoms with Crippen molar-refractivity contribution in [1.29, 1.82) is 0 Å². The lowest BCUT2D eigenvalue weighted by Crippen LogP contribution is -2.22. The lowest BCUT2D eigenvalue weighted by atomic mass is 10.2. The Balaban J connectivity index is 3.10. The third-order valence-corrected chi connectivity index (χ3v) is 2.00. The number of ketones is 1. The van der Waals surface area contributed by atoms with Crippen LogP contribution in [0.4, 0.5) is 13.2 Å². The Bertz CT molecular complexity index is 378. The highest BCUT2D eigenvalue weighted by atomic mass is 35.5. The molecule has 76 valence electrons. The summed E-state index contributed by atoms with van der Waals surface area (Å²) >= 11 is 10.8. The summed E-state index contributed by atoms with van der Waals surface area (Å²) < 4.78 is 35.7. The average molecular weight is 244 g/mol. The summed E-state index contributed by atoms with van der Waals surface area (Å²) in [6, 6.07) is 0.826. The van der Waals surface area contributed by atoms with E-state index in [0.717, 1.165) is 12.3 Å². The van der Waals surface area contributed by atoms with Gasteiger partial charge in [0.2, 0.25) is 0 Å². The highest BCUT2D eigenvalue weighted by Crippen LogP contribution is 2.25. The summed E-state index contributed by atoms with van der Waals surface area (Å²) in [4.78, 5) is 14.0. The van der Waals surface area contributed by atoms with Gasteiger partial charge in [0.15, 0.2) is 0 Å². The van der Waals surface area contributed by atoms with Gasteiger partial charge in [0, 0.05) is 11.8 Å². The largest absolute Gasteiger partial charge is 0.454 e. The molecule has 1 rings (SSSR count). The first-order valence-electron chi connectivity index (χ1n) is 3.25. The molecule has 0 saturated carbocycles. The van der Waals surface area contributed by atoms with E-state index < -0.39 is 17.5 Å². The van der Waals surface area contributed by atoms with E-state index in [1.165, 1.54) is 0 Å². The molecule has 1 aromatic rings. The first kappa shape index (κ1) is 11.3. The van der Waals surface area contributed by atoms with Gasteiger partial charge >= 0.3 is 6.18 Å². The van der Waals surface area contributed by atoms with Gasteiger partial charge in [-0.2, -0.15) is 13.2 Å². The zero-order valence-corrected chi connectivity index (χ0v) is 7.91. The van der Waals surface area contributed by atoms with E-state index in [2.05, 4.69) is 4.98 Å². The van der Waals surface area contributed by atoms with Gasteiger partial charge in [0.1, 0.15) is 5.15 Å². The monoisotopic (exact) mass is 243 g/mol. The van der Waals surface area contributed by atoms with E-state index in [0.29, 0.717) is 0 Å². The number of alkyl halides is 3. The lowest BCUT2D eigenvalue weighted by Gasteiger charge is -2.04. The average Bonchev–Trinajstić information content (AvgIpc) is 2.07. The molecular weight excluding hydrogens is 242 g/mol. The molecule has 0 aliphatic heterocycles. The number of carbonyl (C=O) groups is 1. The van der Waals surface area contributed by atoms with Gasteiger partial charge in [-0.05, 0) is 6.07 Å². The molecule has 0 atom stereocenters. The Morgan fingerprint density at radius 3 is 2.36 bits per heavy atom. The summed E-state index contributed by atoms with van der Waals surface area (Å²) in [5.41, 5.74) is -0.632. The van der Waals surface area contributed by atoms with Crippen LogP contribution < -0.4 is 0 Å². The van der Waals surface area contributed by atoms with Crippen molar-refractivity contribution in [1.82, 2.24) is 4.98 Å². The van der Waals surface area contributed by atoms with Crippen LogP contribution in [0.15, 0.2) is 12.3 Å². The van der Waals surface area contributed by atoms with Crippen LogP contribution in [-0.2, 0) is 0 Å². The van der Waals surface area contributed by atoms with Gasteiger partial charge < -0.3 is 0 Å². The van der Waals surface area contributed by atoms with Crippen LogP contribution in [0.25, 0.3) is 0 Å². The van der Waals surface area contributed by atoms with Gasteiger partial charge in [0.25, 0.3) is 5.78 Å². The van der Waals surface area contributed by atoms with Gasteiger partial charge in [-0.25, -0.2) is 4.98 Å². The number of hydrogen-bond acceptors (Lipinski definition) is 2. The van der Waals surface area contributed by atoms with E-state index in [4.69, 9.17) is 23.2 Å². The molecule has 0 unspecified atom stereocenters. The van der Waals surface area contributed by atoms with Crippen molar-refractivity contribution in [3.63, 3.8) is 0 Å². The Kier molecular flexibility index (Phi) is 3.01. The van der Waals surface area contributed by atoms with Gasteiger partial charge in [0.05, 0.1) is 5.02 Å². The second-order valence-electron chi connectivity index (χ2n) is 2.32. The van der Waals surface area contributed by atoms with Crippen molar-refractivity contribution in [2.45, 2.75) is 6.18 Å². The highest BCUT2D eigenvalue weighted by molar-refractivity contribution is 6.41. The number of nitrogens with zero attached hydrogens (tertiary/aromatic N) is 1. The van der Waals surface area contributed by atoms with Gasteiger partial charge in [-0.3, -0.25) is 4.79 Å². The number of rotatable bonds is 1. The smallest absolute Gasteiger partial charge is 0.284 e. The van der Waals surface area contributed by atoms with Crippen LogP contribution in [0.1, 0.15) is 10.4 Å². The Hall–Kier alpha value is -0.810. The standard InChI is InChI=1S/C7H2Cl2F3NO/c8-4-1-3(2-13-6(4)9)5(14)7(10,11)12/h1-2H. The fourth-order valence-corrected chi connectivity index (χ4v) is 0.979. The molecule has 0 aliphatic rings. The Morgan fingerprint density at radius 2 is 1.93 bits per heavy atom. The van der Waals surface area contributed by atoms with E-state index >= 15 is 0 Å². The molecule has 7 heteroatoms. The summed E-state index contributed by atoms with van der Waals surface area (Å²) in [5.74, 6) is -2.00. The maximum absolute atomic E-state index is 11.9. The predicted molar refractivity (Wildman–Crippen MR) is 44.6 cm³/mol. The fourth-order valence-electron chi connectivity index (χ4n) is 0.709. The Morgan fingerprint density at radius 1 is 1.36 bits per heavy atom. The predicted octanol–water partition coefficient (Wildman–Crippen LogP) is 3.13. The molecule has 0 saturated heterocycles. The van der Waals surface area contributed by atoms with Gasteiger partial charge in [-0.15, -0.1) is 0 Å². The lowest BCUT2D eigenvalue weighted by molar-refractivity contribution is -0.0885. The topological polar surface area (TPSA) is 30.0 Å². The van der Waals surface area contributed by atoms with Crippen LogP contribution >= 0.6 is 23.2 Å². The maximum Gasteiger partial charge on any atom is 0.454 e. The third-order valence-electron chi connectivity index (χ3n) is 1.32. The molecule has 0 amide bonds. The quantitative estimate of drug-likeness (QED) is 0.561. The minimum atomic E-state index is -4.93. The zero-order valence-electron chi connectivity index (χ0n) is 6.40. The van der Waals surface area contributed by atoms with Crippen molar-refractivity contribution in [2.75, 3.05) is 0 Å². The summed E-state index contributed by atoms with van der Waals surface area (Å²) in [7, 11) is 0. The van der Waals surface area contributed by atoms with Crippen molar-refractivity contribution in [2.24, 2.45) is 0 Å². The SMILES string of the molecule is O=C(c1cnc(Cl)c(Cl)c1)C(F)(F)F. The molecule has 1 aromatic heterocycles. The first-order chi connectivity index (χ1) is 6.32. The minimum absolute atomic E-state index is 0.148. The van der Waals surface area contributed by atoms with Crippen molar-refractivity contribution < 1.29 is 18.0 Å². The minimum Gasteiger partial charge on any atom is -0.284 e. The summed E-state index contributed by atoms with van der Waals surface area (Å²) in [6.07, 6.45) is -4.21. The van der Waals surface area contributed by atoms with E-state index in [9.17, 15) is 18.0 Å². The number of hydrogen-bond donors (Lipinski definition) is 0. The maximum atomic E-state index is 11.9. The number of halogens is 5. The van der Waals surface area contributed by atoms with E-state index in [-0.39, 0.29) is 10.2 Å². The van der Waals surface area contributed by atoms with E-state index in [1.54, 1.807) is 0 Å². The van der Waals surface area contributed by atoms with Crippen molar-refractivity contribution in [3.8, 4) is 0 Å². The van der Waals surface area contributed by atoms with Crippen LogP contribution in [0, 0.1) is 0 Å². The first-order valence-corrected chi connectivity index (χ1v) is 4.00. The number of Topliss-reactive ketones (excluding diaryl/α,β-unsaturated/α-hetero) is 1. The molecule has 0 N–H and O–H groups in total. The summed E-state index contributed by atoms with van der Waals surface area (Å²) in [5, 5.41) is -0.341. The second kappa shape index (κ2) is 3.74. The fraction of sp³-hybridized carbons (Fsp3) is 0.143. The van der Waals surface area contributed by atoms with Crippen LogP contribution in [0.3, 0.4) is 0 Å². The zero-order chi connectivity index (χ0) is 10.9. The molecular formula is C7H2Cl2F3NO. The molecule has 14 heavy (non-hydrogen) atoms. The molecule has 0 spiro atoms. The van der Waals surface area contributed by atoms with Crippen LogP contribution in [0.5, 0.6) is 0 Å². The molecule has 1 heterocycles. The van der Waals surface area contributed by atoms with Gasteiger partial charge in [-0.1, -0.05) is 23.2 Å². The molecule has 2 nitrogen and oxygen atoms in total. The molecule has 0 aromatic carbocycles. The summed E-state index contributed by atoms with van der Waals surface area (Å²) in [6.45, 7) is 0. The number of pyridine rings is 1. The molecule has 0 aliphatic carbocycles.